The van der Waals surface area contributed by atoms with Gasteiger partial charge in [-0.3, -0.25) is 14.4 Å². The molecule has 1 rings (SSSR count). The zero-order chi connectivity index (χ0) is 28.7. The van der Waals surface area contributed by atoms with E-state index in [-0.39, 0.29) is 25.3 Å². The summed E-state index contributed by atoms with van der Waals surface area (Å²) >= 11 is 0. The van der Waals surface area contributed by atoms with Crippen molar-refractivity contribution in [1.29, 1.82) is 0 Å². The van der Waals surface area contributed by atoms with Gasteiger partial charge in [0, 0.05) is 6.54 Å². The van der Waals surface area contributed by atoms with Gasteiger partial charge in [0.25, 0.3) is 0 Å². The maximum absolute atomic E-state index is 12.6. The molecule has 0 saturated heterocycles. The molecule has 8 nitrogen and oxygen atoms in total. The van der Waals surface area contributed by atoms with Crippen LogP contribution in [0, 0.1) is 0 Å². The first-order valence-electron chi connectivity index (χ1n) is 15.1. The Morgan fingerprint density at radius 2 is 1.26 bits per heavy atom. The van der Waals surface area contributed by atoms with Crippen LogP contribution in [0.25, 0.3) is 0 Å². The minimum absolute atomic E-state index is 0.130. The maximum Gasteiger partial charge on any atom is 0.323 e. The van der Waals surface area contributed by atoms with Gasteiger partial charge in [0.2, 0.25) is 11.8 Å². The minimum Gasteiger partial charge on any atom is -0.508 e. The van der Waals surface area contributed by atoms with Crippen molar-refractivity contribution in [3.05, 3.63) is 29.8 Å². The van der Waals surface area contributed by atoms with Crippen molar-refractivity contribution in [2.75, 3.05) is 19.6 Å². The topological polar surface area (TPSA) is 133 Å². The number of phenols is 1. The number of carboxylic acids is 1. The molecular weight excluding hydrogens is 494 g/mol. The predicted octanol–water partition coefficient (Wildman–Crippen LogP) is 5.55. The van der Waals surface area contributed by atoms with Crippen molar-refractivity contribution in [2.45, 2.75) is 122 Å². The Kier molecular flexibility index (Phi) is 19.6. The fourth-order valence-corrected chi connectivity index (χ4v) is 4.69. The second-order valence-electron chi connectivity index (χ2n) is 10.7. The minimum atomic E-state index is -1.07. The number of carboxylic acid groups (broad SMARTS) is 1. The number of amides is 2. The monoisotopic (exact) mass is 547 g/mol. The van der Waals surface area contributed by atoms with E-state index in [2.05, 4.69) is 12.2 Å². The SMILES string of the molecule is CCCCCCCCCCCCCCCCCCN(CC(=O)O)C(=O)CNC(=O)[C@@H](N)Cc1ccc(O)cc1. The lowest BCUT2D eigenvalue weighted by Crippen LogP contribution is -2.47. The Morgan fingerprint density at radius 3 is 1.72 bits per heavy atom. The van der Waals surface area contributed by atoms with Gasteiger partial charge in [-0.25, -0.2) is 0 Å². The van der Waals surface area contributed by atoms with Crippen molar-refractivity contribution < 1.29 is 24.6 Å². The van der Waals surface area contributed by atoms with Crippen molar-refractivity contribution in [3.63, 3.8) is 0 Å². The highest BCUT2D eigenvalue weighted by molar-refractivity contribution is 5.88. The summed E-state index contributed by atoms with van der Waals surface area (Å²) in [6.07, 6.45) is 20.3. The molecule has 1 aromatic carbocycles. The Morgan fingerprint density at radius 1 is 0.795 bits per heavy atom. The third-order valence-corrected chi connectivity index (χ3v) is 7.10. The van der Waals surface area contributed by atoms with Gasteiger partial charge in [0.15, 0.2) is 0 Å². The second kappa shape index (κ2) is 22.2. The number of nitrogens with two attached hydrogens (primary N) is 1. The molecule has 5 N–H and O–H groups in total. The summed E-state index contributed by atoms with van der Waals surface area (Å²) in [5.74, 6) is -1.85. The number of nitrogens with zero attached hydrogens (tertiary/aromatic N) is 1. The highest BCUT2D eigenvalue weighted by Gasteiger charge is 2.19. The molecule has 2 amide bonds. The fourth-order valence-electron chi connectivity index (χ4n) is 4.69. The number of unbranched alkanes of at least 4 members (excludes halogenated alkanes) is 15. The van der Waals surface area contributed by atoms with E-state index in [1.165, 1.54) is 101 Å². The van der Waals surface area contributed by atoms with Crippen LogP contribution in [0.2, 0.25) is 0 Å². The lowest BCUT2D eigenvalue weighted by Gasteiger charge is -2.21. The lowest BCUT2D eigenvalue weighted by molar-refractivity contribution is -0.144. The molecule has 39 heavy (non-hydrogen) atoms. The van der Waals surface area contributed by atoms with Crippen LogP contribution >= 0.6 is 0 Å². The molecule has 0 radical (unpaired) electrons. The number of aromatic hydroxyl groups is 1. The van der Waals surface area contributed by atoms with Crippen molar-refractivity contribution >= 4 is 17.8 Å². The molecule has 0 bridgehead atoms. The van der Waals surface area contributed by atoms with Gasteiger partial charge >= 0.3 is 5.97 Å². The third-order valence-electron chi connectivity index (χ3n) is 7.10. The third kappa shape index (κ3) is 18.3. The molecule has 0 saturated carbocycles. The number of aliphatic carboxylic acids is 1. The molecule has 0 fully saturated rings. The molecule has 0 spiro atoms. The second-order valence-corrected chi connectivity index (χ2v) is 10.7. The van der Waals surface area contributed by atoms with E-state index in [1.807, 2.05) is 0 Å². The number of rotatable bonds is 24. The summed E-state index contributed by atoms with van der Waals surface area (Å²) in [5.41, 5.74) is 6.73. The lowest BCUT2D eigenvalue weighted by atomic mass is 10.0. The molecule has 0 aliphatic rings. The van der Waals surface area contributed by atoms with Gasteiger partial charge in [-0.05, 0) is 30.5 Å². The quantitative estimate of drug-likeness (QED) is 0.125. The summed E-state index contributed by atoms with van der Waals surface area (Å²) < 4.78 is 0. The molecule has 222 valence electrons. The summed E-state index contributed by atoms with van der Waals surface area (Å²) in [5, 5.41) is 21.1. The summed E-state index contributed by atoms with van der Waals surface area (Å²) in [6, 6.07) is 5.55. The fraction of sp³-hybridized carbons (Fsp3) is 0.710. The van der Waals surface area contributed by atoms with Crippen LogP contribution < -0.4 is 11.1 Å². The molecule has 8 heteroatoms. The molecule has 0 unspecified atom stereocenters. The van der Waals surface area contributed by atoms with Crippen LogP contribution in [0.15, 0.2) is 24.3 Å². The van der Waals surface area contributed by atoms with Crippen molar-refractivity contribution in [2.24, 2.45) is 5.73 Å². The zero-order valence-corrected chi connectivity index (χ0v) is 24.2. The average molecular weight is 548 g/mol. The summed E-state index contributed by atoms with van der Waals surface area (Å²) in [4.78, 5) is 37.4. The molecular formula is C31H53N3O5. The van der Waals surface area contributed by atoms with Crippen LogP contribution in [0.5, 0.6) is 5.75 Å². The highest BCUT2D eigenvalue weighted by Crippen LogP contribution is 2.14. The molecule has 0 aromatic heterocycles. The normalized spacial score (nSPS) is 11.7. The van der Waals surface area contributed by atoms with E-state index >= 15 is 0 Å². The van der Waals surface area contributed by atoms with E-state index < -0.39 is 23.8 Å². The number of carbonyl (C=O) groups excluding carboxylic acids is 2. The maximum atomic E-state index is 12.6. The van der Waals surface area contributed by atoms with Gasteiger partial charge in [0.1, 0.15) is 12.3 Å². The Balaban J connectivity index is 2.13. The van der Waals surface area contributed by atoms with Crippen molar-refractivity contribution in [1.82, 2.24) is 10.2 Å². The number of carbonyl (C=O) groups is 3. The van der Waals surface area contributed by atoms with Crippen LogP contribution in [0.3, 0.4) is 0 Å². The first kappa shape index (κ1) is 34.4. The van der Waals surface area contributed by atoms with Crippen LogP contribution in [0.1, 0.15) is 115 Å². The Hall–Kier alpha value is -2.61. The van der Waals surface area contributed by atoms with Crippen LogP contribution in [-0.4, -0.2) is 58.6 Å². The van der Waals surface area contributed by atoms with E-state index in [1.54, 1.807) is 12.1 Å². The van der Waals surface area contributed by atoms with E-state index in [0.717, 1.165) is 24.8 Å². The van der Waals surface area contributed by atoms with Gasteiger partial charge in [-0.2, -0.15) is 0 Å². The number of phenolic OH excluding ortho intramolecular Hbond substituents is 1. The first-order valence-corrected chi connectivity index (χ1v) is 15.1. The van der Waals surface area contributed by atoms with E-state index in [9.17, 15) is 24.6 Å². The smallest absolute Gasteiger partial charge is 0.323 e. The molecule has 0 heterocycles. The molecule has 1 aromatic rings. The van der Waals surface area contributed by atoms with Gasteiger partial charge < -0.3 is 26.2 Å². The summed E-state index contributed by atoms with van der Waals surface area (Å²) in [6.45, 7) is 1.95. The molecule has 1 atom stereocenters. The van der Waals surface area contributed by atoms with E-state index in [0.29, 0.717) is 6.54 Å². The van der Waals surface area contributed by atoms with E-state index in [4.69, 9.17) is 5.73 Å². The predicted molar refractivity (Wildman–Crippen MR) is 157 cm³/mol. The van der Waals surface area contributed by atoms with Gasteiger partial charge in [-0.15, -0.1) is 0 Å². The van der Waals surface area contributed by atoms with Crippen molar-refractivity contribution in [3.8, 4) is 5.75 Å². The first-order chi connectivity index (χ1) is 18.8. The average Bonchev–Trinajstić information content (AvgIpc) is 2.91. The standard InChI is InChI=1S/C31H53N3O5/c1-2-3-4-5-6-7-8-9-10-11-12-13-14-15-16-17-22-34(25-30(37)38)29(36)24-33-31(39)28(32)23-26-18-20-27(35)21-19-26/h18-21,28,35H,2-17,22-25,32H2,1H3,(H,33,39)(H,37,38)/t28-/m0/s1. The number of hydrogen-bond acceptors (Lipinski definition) is 5. The molecule has 0 aliphatic carbocycles. The van der Waals surface area contributed by atoms with Crippen LogP contribution in [0.4, 0.5) is 0 Å². The number of benzene rings is 1. The zero-order valence-electron chi connectivity index (χ0n) is 24.2. The van der Waals surface area contributed by atoms with Crippen LogP contribution in [-0.2, 0) is 20.8 Å². The Labute approximate surface area is 235 Å². The highest BCUT2D eigenvalue weighted by atomic mass is 16.4. The number of nitrogens with one attached hydrogen (secondary N) is 1. The van der Waals surface area contributed by atoms with Gasteiger partial charge in [-0.1, -0.05) is 115 Å². The number of hydrogen-bond donors (Lipinski definition) is 4. The largest absolute Gasteiger partial charge is 0.508 e. The summed E-state index contributed by atoms with van der Waals surface area (Å²) in [7, 11) is 0. The Bertz CT molecular complexity index is 800. The van der Waals surface area contributed by atoms with Gasteiger partial charge in [0.05, 0.1) is 12.6 Å². The molecule has 0 aliphatic heterocycles.